The largest absolute Gasteiger partial charge is 0.524 e. The Morgan fingerprint density at radius 2 is 1.21 bits per heavy atom. The van der Waals surface area contributed by atoms with E-state index in [1.165, 1.54) is 17.7 Å². The number of anilines is 1. The van der Waals surface area contributed by atoms with Crippen molar-refractivity contribution in [1.29, 1.82) is 0 Å². The number of rotatable bonds is 6. The highest BCUT2D eigenvalue weighted by atomic mass is 32.3. The number of ether oxygens (including phenoxy) is 1. The van der Waals surface area contributed by atoms with E-state index in [1.807, 2.05) is 3.63 Å². The molecule has 0 amide bonds. The second-order valence-corrected chi connectivity index (χ2v) is 10.4. The highest BCUT2D eigenvalue weighted by Crippen LogP contribution is 2.33. The van der Waals surface area contributed by atoms with E-state index < -0.39 is 52.5 Å². The van der Waals surface area contributed by atoms with Gasteiger partial charge in [0, 0.05) is 5.56 Å². The maximum Gasteiger partial charge on any atom is 0.524 e. The Balaban J connectivity index is 0.000000661. The molecular formula is C12H10F9NO9S3. The molecule has 0 aliphatic rings. The van der Waals surface area contributed by atoms with Gasteiger partial charge in [0.05, 0.1) is 12.8 Å². The van der Waals surface area contributed by atoms with Gasteiger partial charge in [0.2, 0.25) is 0 Å². The summed E-state index contributed by atoms with van der Waals surface area (Å²) in [6.45, 7) is 1.26. The highest BCUT2D eigenvalue weighted by Gasteiger charge is 2.57. The van der Waals surface area contributed by atoms with E-state index in [9.17, 15) is 69.6 Å². The van der Waals surface area contributed by atoms with Crippen LogP contribution in [0.15, 0.2) is 18.2 Å². The van der Waals surface area contributed by atoms with Gasteiger partial charge in [-0.1, -0.05) is 0 Å². The molecule has 0 aliphatic heterocycles. The maximum absolute atomic E-state index is 12.2. The topological polar surface area (TPSA) is 150 Å². The van der Waals surface area contributed by atoms with Crippen molar-refractivity contribution in [3.05, 3.63) is 23.8 Å². The number of sulfonamides is 1. The number of methoxy groups -OCH3 is 1. The third kappa shape index (κ3) is 8.16. The monoisotopic (exact) mass is 579 g/mol. The average Bonchev–Trinajstić information content (AvgIpc) is 2.58. The quantitative estimate of drug-likeness (QED) is 0.305. The molecule has 0 saturated carbocycles. The number of halogens is 9. The van der Waals surface area contributed by atoms with E-state index in [0.717, 1.165) is 19.2 Å². The highest BCUT2D eigenvalue weighted by molar-refractivity contribution is 8.00. The molecule has 0 atom stereocenters. The Bertz CT molecular complexity index is 1170. The zero-order valence-corrected chi connectivity index (χ0v) is 18.5. The number of hydrogen-bond acceptors (Lipinski definition) is 9. The summed E-state index contributed by atoms with van der Waals surface area (Å²) in [6, 6.07) is 3.37. The Labute approximate surface area is 184 Å². The molecule has 0 radical (unpaired) electrons. The van der Waals surface area contributed by atoms with Gasteiger partial charge in [0.15, 0.2) is 5.78 Å². The summed E-state index contributed by atoms with van der Waals surface area (Å²) < 4.78 is 175. The van der Waals surface area contributed by atoms with Crippen molar-refractivity contribution in [2.75, 3.05) is 11.8 Å². The number of carbonyl (C=O) groups excluding carboxylic acids is 1. The van der Waals surface area contributed by atoms with Gasteiger partial charge in [0.1, 0.15) is 5.75 Å². The first-order valence-electron chi connectivity index (χ1n) is 7.41. The van der Waals surface area contributed by atoms with Crippen molar-refractivity contribution in [1.82, 2.24) is 0 Å². The second-order valence-electron chi connectivity index (χ2n) is 5.39. The standard InChI is InChI=1S/C10H10F3NO4S.C2F6O5S2/c1-6(15)7-3-4-8(9(5-7)18-2)14-19(16,17)10(11,12)13;3-1(4,5)14(9,10)13-15(11,12)2(6,7)8/h3-5,14H,1-2H3;. The van der Waals surface area contributed by atoms with Crippen molar-refractivity contribution in [3.8, 4) is 5.75 Å². The molecule has 0 fully saturated rings. The maximum atomic E-state index is 12.2. The minimum Gasteiger partial charge on any atom is -0.495 e. The minimum atomic E-state index is -6.85. The molecule has 0 aromatic heterocycles. The summed E-state index contributed by atoms with van der Waals surface area (Å²) in [7, 11) is -18.1. The lowest BCUT2D eigenvalue weighted by Gasteiger charge is -2.13. The zero-order chi connectivity index (χ0) is 27.6. The van der Waals surface area contributed by atoms with Crippen LogP contribution in [-0.4, -0.2) is 54.7 Å². The predicted molar refractivity (Wildman–Crippen MR) is 92.6 cm³/mol. The first-order valence-corrected chi connectivity index (χ1v) is 11.7. The van der Waals surface area contributed by atoms with Gasteiger partial charge in [0.25, 0.3) is 0 Å². The SMILES string of the molecule is COc1cc(C(C)=O)ccc1NS(=O)(=O)C(F)(F)F.O=S(=O)(OS(=O)(=O)C(F)(F)F)C(F)(F)F. The summed E-state index contributed by atoms with van der Waals surface area (Å²) >= 11 is 0. The number of nitrogens with one attached hydrogen (secondary N) is 1. The number of ketones is 1. The van der Waals surface area contributed by atoms with Gasteiger partial charge >= 0.3 is 46.8 Å². The van der Waals surface area contributed by atoms with Crippen LogP contribution in [0.2, 0.25) is 0 Å². The first-order chi connectivity index (χ1) is 14.8. The van der Waals surface area contributed by atoms with Gasteiger partial charge < -0.3 is 4.74 Å². The number of carbonyl (C=O) groups is 1. The van der Waals surface area contributed by atoms with E-state index in [0.29, 0.717) is 0 Å². The predicted octanol–water partition coefficient (Wildman–Crippen LogP) is 2.86. The number of Topliss-reactive ketones (excluding diaryl/α,β-unsaturated/α-hetero) is 1. The molecule has 1 rings (SSSR count). The molecule has 1 aromatic rings. The fourth-order valence-corrected chi connectivity index (χ4v) is 3.53. The molecule has 0 bridgehead atoms. The average molecular weight is 579 g/mol. The first kappa shape index (κ1) is 31.7. The number of benzene rings is 1. The van der Waals surface area contributed by atoms with Crippen molar-refractivity contribution in [2.45, 2.75) is 23.4 Å². The fourth-order valence-electron chi connectivity index (χ4n) is 1.39. The molecule has 0 spiro atoms. The van der Waals surface area contributed by atoms with Crippen molar-refractivity contribution in [3.63, 3.8) is 0 Å². The Morgan fingerprint density at radius 1 is 0.794 bits per heavy atom. The third-order valence-corrected chi connectivity index (χ3v) is 6.57. The molecule has 22 heteroatoms. The minimum absolute atomic E-state index is 0.180. The molecule has 0 unspecified atom stereocenters. The molecule has 1 aromatic carbocycles. The van der Waals surface area contributed by atoms with E-state index in [2.05, 4.69) is 0 Å². The molecule has 0 saturated heterocycles. The van der Waals surface area contributed by atoms with Gasteiger partial charge in [-0.2, -0.15) is 64.8 Å². The van der Waals surface area contributed by atoms with Crippen LogP contribution in [0.25, 0.3) is 0 Å². The summed E-state index contributed by atoms with van der Waals surface area (Å²) in [6.07, 6.45) is 0. The van der Waals surface area contributed by atoms with Gasteiger partial charge in [-0.25, -0.2) is 0 Å². The van der Waals surface area contributed by atoms with Crippen LogP contribution in [0.4, 0.5) is 45.2 Å². The Morgan fingerprint density at radius 3 is 1.50 bits per heavy atom. The lowest BCUT2D eigenvalue weighted by molar-refractivity contribution is -0.0586. The Hall–Kier alpha value is -2.33. The van der Waals surface area contributed by atoms with E-state index >= 15 is 0 Å². The smallest absolute Gasteiger partial charge is 0.495 e. The molecule has 10 nitrogen and oxygen atoms in total. The molecule has 34 heavy (non-hydrogen) atoms. The number of alkyl halides is 9. The van der Waals surface area contributed by atoms with E-state index in [-0.39, 0.29) is 17.1 Å². The summed E-state index contributed by atoms with van der Waals surface area (Å²) in [5.74, 6) is -0.510. The van der Waals surface area contributed by atoms with Crippen molar-refractivity contribution in [2.24, 2.45) is 0 Å². The summed E-state index contributed by atoms with van der Waals surface area (Å²) in [5.41, 5.74) is -18.2. The lowest BCUT2D eigenvalue weighted by Crippen LogP contribution is -2.34. The van der Waals surface area contributed by atoms with E-state index in [1.54, 1.807) is 0 Å². The number of hydrogen-bond donors (Lipinski definition) is 1. The van der Waals surface area contributed by atoms with Crippen LogP contribution >= 0.6 is 0 Å². The summed E-state index contributed by atoms with van der Waals surface area (Å²) in [4.78, 5) is 11.1. The van der Waals surface area contributed by atoms with Gasteiger partial charge in [-0.3, -0.25) is 9.52 Å². The zero-order valence-electron chi connectivity index (χ0n) is 16.0. The molecular weight excluding hydrogens is 569 g/mol. The second kappa shape index (κ2) is 10.1. The molecule has 1 N–H and O–H groups in total. The van der Waals surface area contributed by atoms with Crippen molar-refractivity contribution < 1.29 is 77.9 Å². The van der Waals surface area contributed by atoms with Crippen LogP contribution in [0, 0.1) is 0 Å². The summed E-state index contributed by atoms with van der Waals surface area (Å²) in [5, 5.41) is 0. The van der Waals surface area contributed by atoms with Gasteiger partial charge in [-0.05, 0) is 25.1 Å². The Kier molecular flexibility index (Phi) is 9.42. The van der Waals surface area contributed by atoms with Crippen LogP contribution in [-0.2, 0) is 33.9 Å². The van der Waals surface area contributed by atoms with E-state index in [4.69, 9.17) is 4.74 Å². The molecule has 0 heterocycles. The van der Waals surface area contributed by atoms with Crippen LogP contribution in [0.5, 0.6) is 5.75 Å². The van der Waals surface area contributed by atoms with Crippen LogP contribution in [0.3, 0.4) is 0 Å². The van der Waals surface area contributed by atoms with Crippen molar-refractivity contribution >= 4 is 41.7 Å². The third-order valence-electron chi connectivity index (χ3n) is 2.90. The fraction of sp³-hybridized carbons (Fsp3) is 0.417. The van der Waals surface area contributed by atoms with Crippen LogP contribution < -0.4 is 9.46 Å². The lowest BCUT2D eigenvalue weighted by atomic mass is 10.1. The molecule has 0 aliphatic carbocycles. The molecule has 198 valence electrons. The van der Waals surface area contributed by atoms with Gasteiger partial charge in [-0.15, -0.1) is 3.63 Å². The normalized spacial score (nSPS) is 13.5. The van der Waals surface area contributed by atoms with Crippen LogP contribution in [0.1, 0.15) is 17.3 Å².